The Morgan fingerprint density at radius 2 is 2.00 bits per heavy atom. The summed E-state index contributed by atoms with van der Waals surface area (Å²) in [4.78, 5) is 0. The summed E-state index contributed by atoms with van der Waals surface area (Å²) < 4.78 is 0. The van der Waals surface area contributed by atoms with Crippen molar-refractivity contribution in [1.82, 2.24) is 0 Å². The second kappa shape index (κ2) is 3.56. The summed E-state index contributed by atoms with van der Waals surface area (Å²) in [7, 11) is 0. The van der Waals surface area contributed by atoms with E-state index in [2.05, 4.69) is 12.6 Å². The fourth-order valence-corrected chi connectivity index (χ4v) is 0. The summed E-state index contributed by atoms with van der Waals surface area (Å²) >= 11 is 0.514. The fourth-order valence-electron chi connectivity index (χ4n) is 0. The zero-order valence-electron chi connectivity index (χ0n) is 3.21. The van der Waals surface area contributed by atoms with Crippen LogP contribution in [0.2, 0.25) is 10.9 Å². The topological polar surface area (TPSA) is 0 Å². The van der Waals surface area contributed by atoms with Gasteiger partial charge in [-0.1, -0.05) is 0 Å². The molecule has 0 aromatic rings. The zero-order chi connectivity index (χ0) is 3.41. The summed E-state index contributed by atoms with van der Waals surface area (Å²) in [6, 6.07) is 0. The quantitative estimate of drug-likeness (QED) is 0.451. The third-order valence-electron chi connectivity index (χ3n) is 0.354. The van der Waals surface area contributed by atoms with Gasteiger partial charge in [0.05, 0.1) is 0 Å². The van der Waals surface area contributed by atoms with Crippen molar-refractivity contribution in [3.8, 4) is 0 Å². The minimum atomic E-state index is 0.514. The Balaban J connectivity index is 1.97. The molecule has 0 bridgehead atoms. The monoisotopic (exact) mass is 120 g/mol. The van der Waals surface area contributed by atoms with Crippen LogP contribution in [-0.4, -0.2) is 15.8 Å². The van der Waals surface area contributed by atoms with Crippen molar-refractivity contribution < 1.29 is 0 Å². The molecule has 26 valence electrons. The Morgan fingerprint density at radius 1 is 1.75 bits per heavy atom. The van der Waals surface area contributed by atoms with E-state index < -0.39 is 0 Å². The average molecular weight is 120 g/mol. The van der Waals surface area contributed by atoms with Crippen molar-refractivity contribution in [3.63, 3.8) is 0 Å². The van der Waals surface area contributed by atoms with E-state index in [0.29, 0.717) is 15.8 Å². The molecule has 0 aromatic carbocycles. The SMILES string of the molecule is CC[AsH]C. The van der Waals surface area contributed by atoms with Crippen molar-refractivity contribution >= 4 is 15.8 Å². The fraction of sp³-hybridized carbons (Fsp3) is 1.00. The number of hydrogen-bond acceptors (Lipinski definition) is 0. The van der Waals surface area contributed by atoms with Crippen molar-refractivity contribution in [2.45, 2.75) is 17.8 Å². The van der Waals surface area contributed by atoms with Crippen LogP contribution in [0, 0.1) is 0 Å². The van der Waals surface area contributed by atoms with Crippen molar-refractivity contribution in [2.75, 3.05) is 0 Å². The molecular formula is C3H9As. The molecule has 0 aromatic heterocycles. The van der Waals surface area contributed by atoms with Gasteiger partial charge in [-0.25, -0.2) is 0 Å². The van der Waals surface area contributed by atoms with Crippen LogP contribution in [0.5, 0.6) is 0 Å². The van der Waals surface area contributed by atoms with Gasteiger partial charge in [0.1, 0.15) is 0 Å². The normalized spacial score (nSPS) is 10.5. The van der Waals surface area contributed by atoms with Gasteiger partial charge in [0.25, 0.3) is 0 Å². The van der Waals surface area contributed by atoms with E-state index >= 15 is 0 Å². The van der Waals surface area contributed by atoms with Gasteiger partial charge in [-0.3, -0.25) is 0 Å². The molecule has 0 rings (SSSR count). The van der Waals surface area contributed by atoms with E-state index in [0.717, 1.165) is 0 Å². The molecule has 1 unspecified atom stereocenters. The van der Waals surface area contributed by atoms with E-state index in [1.807, 2.05) is 0 Å². The molecule has 0 radical (unpaired) electrons. The first-order chi connectivity index (χ1) is 1.91. The zero-order valence-corrected chi connectivity index (χ0v) is 5.31. The molecule has 0 aliphatic carbocycles. The summed E-state index contributed by atoms with van der Waals surface area (Å²) in [5.41, 5.74) is 2.31. The van der Waals surface area contributed by atoms with Gasteiger partial charge in [-0.15, -0.1) is 0 Å². The van der Waals surface area contributed by atoms with Gasteiger partial charge in [0, 0.05) is 0 Å². The Hall–Kier alpha value is 0.558. The first kappa shape index (κ1) is 4.56. The van der Waals surface area contributed by atoms with Gasteiger partial charge in [-0.2, -0.15) is 0 Å². The predicted molar refractivity (Wildman–Crippen MR) is 23.5 cm³/mol. The van der Waals surface area contributed by atoms with Gasteiger partial charge in [0.15, 0.2) is 0 Å². The van der Waals surface area contributed by atoms with Crippen molar-refractivity contribution in [3.05, 3.63) is 0 Å². The molecule has 0 aliphatic rings. The van der Waals surface area contributed by atoms with Gasteiger partial charge < -0.3 is 0 Å². The molecular weight excluding hydrogens is 111 g/mol. The van der Waals surface area contributed by atoms with Crippen LogP contribution < -0.4 is 0 Å². The summed E-state index contributed by atoms with van der Waals surface area (Å²) in [6.07, 6.45) is 0. The first-order valence-electron chi connectivity index (χ1n) is 1.56. The van der Waals surface area contributed by atoms with E-state index in [1.165, 1.54) is 5.21 Å². The van der Waals surface area contributed by atoms with Crippen molar-refractivity contribution in [2.24, 2.45) is 0 Å². The molecule has 0 N–H and O–H groups in total. The van der Waals surface area contributed by atoms with Crippen LogP contribution in [0.3, 0.4) is 0 Å². The predicted octanol–water partition coefficient (Wildman–Crippen LogP) is 0.909. The summed E-state index contributed by atoms with van der Waals surface area (Å²) in [5, 5.41) is 1.44. The Labute approximate surface area is 34.3 Å². The van der Waals surface area contributed by atoms with E-state index in [4.69, 9.17) is 0 Å². The van der Waals surface area contributed by atoms with E-state index in [9.17, 15) is 0 Å². The summed E-state index contributed by atoms with van der Waals surface area (Å²) in [6.45, 7) is 2.24. The van der Waals surface area contributed by atoms with Gasteiger partial charge >= 0.3 is 33.6 Å². The second-order valence-electron chi connectivity index (χ2n) is 0.707. The molecule has 1 heteroatoms. The summed E-state index contributed by atoms with van der Waals surface area (Å²) in [5.74, 6) is 0. The van der Waals surface area contributed by atoms with Crippen LogP contribution in [0.4, 0.5) is 0 Å². The average Bonchev–Trinajstić information content (AvgIpc) is 1.37. The van der Waals surface area contributed by atoms with Crippen molar-refractivity contribution in [1.29, 1.82) is 0 Å². The maximum atomic E-state index is 2.31. The standard InChI is InChI=1S/C3H9As/c1-3-4-2/h4H,3H2,1-2H3. The molecule has 0 nitrogen and oxygen atoms in total. The number of hydrogen-bond donors (Lipinski definition) is 0. The van der Waals surface area contributed by atoms with Gasteiger partial charge in [-0.05, 0) is 0 Å². The molecule has 0 amide bonds. The Morgan fingerprint density at radius 3 is 2.00 bits per heavy atom. The maximum absolute atomic E-state index is 2.31. The Kier molecular flexibility index (Phi) is 4.06. The molecule has 0 fully saturated rings. The second-order valence-corrected chi connectivity index (χ2v) is 3.67. The van der Waals surface area contributed by atoms with E-state index in [1.54, 1.807) is 0 Å². The third kappa shape index (κ3) is 2.56. The minimum absolute atomic E-state index is 0.514. The molecule has 0 heterocycles. The van der Waals surface area contributed by atoms with Crippen LogP contribution in [-0.2, 0) is 0 Å². The molecule has 0 aliphatic heterocycles. The molecule has 0 spiro atoms. The number of rotatable bonds is 1. The molecule has 0 saturated heterocycles. The molecule has 1 atom stereocenters. The molecule has 0 saturated carbocycles. The third-order valence-corrected chi connectivity index (χ3v) is 1.84. The first-order valence-corrected chi connectivity index (χ1v) is 5.14. The molecule has 4 heavy (non-hydrogen) atoms. The van der Waals surface area contributed by atoms with Crippen LogP contribution in [0.1, 0.15) is 6.92 Å². The van der Waals surface area contributed by atoms with Gasteiger partial charge in [0.2, 0.25) is 0 Å². The Bertz CT molecular complexity index is 5.25. The van der Waals surface area contributed by atoms with Crippen LogP contribution in [0.25, 0.3) is 0 Å². The van der Waals surface area contributed by atoms with Crippen LogP contribution in [0.15, 0.2) is 0 Å². The van der Waals surface area contributed by atoms with E-state index in [-0.39, 0.29) is 0 Å². The van der Waals surface area contributed by atoms with Crippen LogP contribution >= 0.6 is 0 Å².